The minimum absolute atomic E-state index is 0.0262. The van der Waals surface area contributed by atoms with E-state index >= 15 is 0 Å². The zero-order valence-electron chi connectivity index (χ0n) is 10.4. The molecule has 0 radical (unpaired) electrons. The van der Waals surface area contributed by atoms with Gasteiger partial charge in [-0.15, -0.1) is 0 Å². The number of hydrogen-bond donors (Lipinski definition) is 2. The van der Waals surface area contributed by atoms with Crippen LogP contribution >= 0.6 is 11.6 Å². The first kappa shape index (κ1) is 13.4. The zero-order valence-corrected chi connectivity index (χ0v) is 11.2. The fraction of sp³-hybridized carbons (Fsp3) is 0.667. The van der Waals surface area contributed by atoms with Gasteiger partial charge >= 0.3 is 0 Å². The van der Waals surface area contributed by atoms with Crippen LogP contribution in [0.25, 0.3) is 0 Å². The lowest BCUT2D eigenvalue weighted by Gasteiger charge is -2.14. The lowest BCUT2D eigenvalue weighted by Crippen LogP contribution is -2.26. The molecule has 0 unspecified atom stereocenters. The monoisotopic (exact) mass is 271 g/mol. The molecule has 2 rings (SSSR count). The SMILES string of the molecule is CCCn1ncc(NCC2(CO)CC2)c(Cl)c1=O. The molecule has 0 bridgehead atoms. The van der Waals surface area contributed by atoms with Crippen molar-refractivity contribution < 1.29 is 5.11 Å². The van der Waals surface area contributed by atoms with Crippen LogP contribution in [0.15, 0.2) is 11.0 Å². The number of aryl methyl sites for hydroxylation is 1. The Morgan fingerprint density at radius 2 is 2.33 bits per heavy atom. The Kier molecular flexibility index (Phi) is 3.92. The van der Waals surface area contributed by atoms with Crippen LogP contribution in [0, 0.1) is 5.41 Å². The third kappa shape index (κ3) is 2.67. The van der Waals surface area contributed by atoms with Gasteiger partial charge in [0.1, 0.15) is 5.02 Å². The summed E-state index contributed by atoms with van der Waals surface area (Å²) in [5.41, 5.74) is 0.257. The van der Waals surface area contributed by atoms with Crippen molar-refractivity contribution >= 4 is 17.3 Å². The molecule has 0 atom stereocenters. The molecule has 1 saturated carbocycles. The van der Waals surface area contributed by atoms with Gasteiger partial charge in [-0.1, -0.05) is 18.5 Å². The summed E-state index contributed by atoms with van der Waals surface area (Å²) < 4.78 is 1.37. The number of hydrogen-bond acceptors (Lipinski definition) is 4. The molecule has 0 saturated heterocycles. The van der Waals surface area contributed by atoms with E-state index in [0.29, 0.717) is 18.8 Å². The summed E-state index contributed by atoms with van der Waals surface area (Å²) in [7, 11) is 0. The van der Waals surface area contributed by atoms with Crippen molar-refractivity contribution in [3.05, 3.63) is 21.6 Å². The molecule has 1 aromatic heterocycles. The molecular formula is C12H18ClN3O2. The normalized spacial score (nSPS) is 16.6. The fourth-order valence-electron chi connectivity index (χ4n) is 1.81. The van der Waals surface area contributed by atoms with Gasteiger partial charge in [-0.2, -0.15) is 5.10 Å². The second-order valence-electron chi connectivity index (χ2n) is 4.91. The highest BCUT2D eigenvalue weighted by molar-refractivity contribution is 6.32. The number of aliphatic hydroxyl groups excluding tert-OH is 1. The topological polar surface area (TPSA) is 67.2 Å². The predicted octanol–water partition coefficient (Wildman–Crippen LogP) is 1.49. The highest BCUT2D eigenvalue weighted by Gasteiger charge is 2.41. The van der Waals surface area contributed by atoms with Crippen molar-refractivity contribution in [3.63, 3.8) is 0 Å². The third-order valence-electron chi connectivity index (χ3n) is 3.37. The Hall–Kier alpha value is -1.07. The average molecular weight is 272 g/mol. The summed E-state index contributed by atoms with van der Waals surface area (Å²) in [5.74, 6) is 0. The van der Waals surface area contributed by atoms with E-state index in [1.165, 1.54) is 4.68 Å². The molecule has 0 amide bonds. The van der Waals surface area contributed by atoms with E-state index in [1.54, 1.807) is 6.20 Å². The summed E-state index contributed by atoms with van der Waals surface area (Å²) in [6.45, 7) is 3.34. The summed E-state index contributed by atoms with van der Waals surface area (Å²) in [6.07, 6.45) is 4.43. The number of halogens is 1. The van der Waals surface area contributed by atoms with Crippen LogP contribution < -0.4 is 10.9 Å². The summed E-state index contributed by atoms with van der Waals surface area (Å²) >= 11 is 6.03. The molecule has 6 heteroatoms. The number of anilines is 1. The van der Waals surface area contributed by atoms with Crippen LogP contribution in [0.4, 0.5) is 5.69 Å². The van der Waals surface area contributed by atoms with Crippen molar-refractivity contribution in [2.75, 3.05) is 18.5 Å². The quantitative estimate of drug-likeness (QED) is 0.823. The van der Waals surface area contributed by atoms with Gasteiger partial charge in [0, 0.05) is 18.5 Å². The van der Waals surface area contributed by atoms with Crippen LogP contribution in [-0.4, -0.2) is 28.0 Å². The van der Waals surface area contributed by atoms with Crippen LogP contribution in [0.5, 0.6) is 0 Å². The van der Waals surface area contributed by atoms with Gasteiger partial charge in [0.15, 0.2) is 0 Å². The van der Waals surface area contributed by atoms with E-state index in [4.69, 9.17) is 11.6 Å². The standard InChI is InChI=1S/C12H18ClN3O2/c1-2-5-16-11(18)10(13)9(6-15-16)14-7-12(8-17)3-4-12/h6,14,17H,2-5,7-8H2,1H3. The highest BCUT2D eigenvalue weighted by Crippen LogP contribution is 2.45. The molecule has 18 heavy (non-hydrogen) atoms. The Bertz CT molecular complexity index is 483. The van der Waals surface area contributed by atoms with Gasteiger partial charge in [0.2, 0.25) is 0 Å². The Morgan fingerprint density at radius 3 is 2.89 bits per heavy atom. The van der Waals surface area contributed by atoms with Crippen molar-refractivity contribution in [1.82, 2.24) is 9.78 Å². The smallest absolute Gasteiger partial charge is 0.287 e. The molecule has 2 N–H and O–H groups in total. The van der Waals surface area contributed by atoms with Crippen molar-refractivity contribution in [1.29, 1.82) is 0 Å². The molecule has 1 aromatic rings. The van der Waals surface area contributed by atoms with E-state index < -0.39 is 0 Å². The molecule has 0 spiro atoms. The highest BCUT2D eigenvalue weighted by atomic mass is 35.5. The third-order valence-corrected chi connectivity index (χ3v) is 3.73. The minimum Gasteiger partial charge on any atom is -0.396 e. The van der Waals surface area contributed by atoms with Crippen molar-refractivity contribution in [3.8, 4) is 0 Å². The number of rotatable bonds is 6. The molecule has 1 aliphatic rings. The molecular weight excluding hydrogens is 254 g/mol. The van der Waals surface area contributed by atoms with E-state index in [0.717, 1.165) is 19.3 Å². The van der Waals surface area contributed by atoms with Crippen LogP contribution in [0.3, 0.4) is 0 Å². The second-order valence-corrected chi connectivity index (χ2v) is 5.29. The number of nitrogens with zero attached hydrogens (tertiary/aromatic N) is 2. The van der Waals surface area contributed by atoms with Gasteiger partial charge in [0.25, 0.3) is 5.56 Å². The lowest BCUT2D eigenvalue weighted by atomic mass is 10.1. The number of aliphatic hydroxyl groups is 1. The van der Waals surface area contributed by atoms with Crippen LogP contribution in [-0.2, 0) is 6.54 Å². The molecule has 0 aromatic carbocycles. The molecule has 5 nitrogen and oxygen atoms in total. The maximum Gasteiger partial charge on any atom is 0.287 e. The van der Waals surface area contributed by atoms with E-state index in [1.807, 2.05) is 6.92 Å². The average Bonchev–Trinajstić information content (AvgIpc) is 3.15. The van der Waals surface area contributed by atoms with Crippen molar-refractivity contribution in [2.45, 2.75) is 32.7 Å². The Balaban J connectivity index is 2.10. The Morgan fingerprint density at radius 1 is 1.61 bits per heavy atom. The molecule has 1 fully saturated rings. The summed E-state index contributed by atoms with van der Waals surface area (Å²) in [4.78, 5) is 11.9. The van der Waals surface area contributed by atoms with Crippen LogP contribution in [0.1, 0.15) is 26.2 Å². The number of aromatic nitrogens is 2. The molecule has 1 heterocycles. The molecule has 0 aliphatic heterocycles. The largest absolute Gasteiger partial charge is 0.396 e. The minimum atomic E-state index is -0.266. The predicted molar refractivity (Wildman–Crippen MR) is 71.0 cm³/mol. The van der Waals surface area contributed by atoms with E-state index in [2.05, 4.69) is 10.4 Å². The second kappa shape index (κ2) is 5.28. The van der Waals surface area contributed by atoms with E-state index in [9.17, 15) is 9.90 Å². The van der Waals surface area contributed by atoms with Gasteiger partial charge in [0.05, 0.1) is 18.5 Å². The first-order chi connectivity index (χ1) is 8.62. The van der Waals surface area contributed by atoms with E-state index in [-0.39, 0.29) is 22.6 Å². The lowest BCUT2D eigenvalue weighted by molar-refractivity contribution is 0.220. The molecule has 100 valence electrons. The number of nitrogens with one attached hydrogen (secondary N) is 1. The van der Waals surface area contributed by atoms with Gasteiger partial charge in [-0.3, -0.25) is 4.79 Å². The maximum atomic E-state index is 11.9. The Labute approximate surface area is 111 Å². The van der Waals surface area contributed by atoms with Crippen LogP contribution in [0.2, 0.25) is 5.02 Å². The summed E-state index contributed by atoms with van der Waals surface area (Å²) in [6, 6.07) is 0. The molecule has 1 aliphatic carbocycles. The zero-order chi connectivity index (χ0) is 13.2. The first-order valence-electron chi connectivity index (χ1n) is 6.22. The first-order valence-corrected chi connectivity index (χ1v) is 6.60. The van der Waals surface area contributed by atoms with Gasteiger partial charge in [-0.25, -0.2) is 4.68 Å². The summed E-state index contributed by atoms with van der Waals surface area (Å²) in [5, 5.41) is 16.6. The fourth-order valence-corrected chi connectivity index (χ4v) is 2.02. The maximum absolute atomic E-state index is 11.9. The van der Waals surface area contributed by atoms with Gasteiger partial charge in [-0.05, 0) is 19.3 Å². The van der Waals surface area contributed by atoms with Gasteiger partial charge < -0.3 is 10.4 Å². The van der Waals surface area contributed by atoms with Crippen molar-refractivity contribution in [2.24, 2.45) is 5.41 Å².